The summed E-state index contributed by atoms with van der Waals surface area (Å²) in [4.78, 5) is 7.70. The van der Waals surface area contributed by atoms with Gasteiger partial charge in [0.1, 0.15) is 17.0 Å². The van der Waals surface area contributed by atoms with E-state index >= 15 is 0 Å². The number of furan rings is 1. The SMILES string of the molecule is N#Cc1cc2c(cc1-c1ccc(-n3c(-c4cccc5c4oc4ccccc45)nc4ccccc43)cc1)C1(c3ccccc3Sc3ccccc31)c1ccccc1-2. The van der Waals surface area contributed by atoms with Crippen LogP contribution < -0.4 is 0 Å². The van der Waals surface area contributed by atoms with E-state index in [9.17, 15) is 5.26 Å². The molecule has 0 amide bonds. The molecular weight excluding hydrogens is 703 g/mol. The first-order valence-electron chi connectivity index (χ1n) is 18.8. The number of fused-ring (bicyclic) bond motifs is 13. The van der Waals surface area contributed by atoms with Crippen molar-refractivity contribution in [1.82, 2.24) is 9.55 Å². The molecular formula is C51H29N3OS. The van der Waals surface area contributed by atoms with E-state index in [0.717, 1.165) is 66.7 Å². The normalized spacial score (nSPS) is 13.4. The molecule has 2 aromatic heterocycles. The van der Waals surface area contributed by atoms with Gasteiger partial charge in [0.15, 0.2) is 0 Å². The summed E-state index contributed by atoms with van der Waals surface area (Å²) in [6, 6.07) is 64.7. The van der Waals surface area contributed by atoms with Gasteiger partial charge in [-0.1, -0.05) is 127 Å². The van der Waals surface area contributed by atoms with E-state index in [1.165, 1.54) is 37.6 Å². The van der Waals surface area contributed by atoms with Gasteiger partial charge in [-0.2, -0.15) is 5.26 Å². The Morgan fingerprint density at radius 2 is 1.21 bits per heavy atom. The highest BCUT2D eigenvalue weighted by Crippen LogP contribution is 2.62. The number of nitriles is 1. The number of benzene rings is 8. The van der Waals surface area contributed by atoms with Gasteiger partial charge >= 0.3 is 0 Å². The minimum atomic E-state index is -0.519. The number of nitrogens with zero attached hydrogens (tertiary/aromatic N) is 3. The van der Waals surface area contributed by atoms with Crippen LogP contribution in [-0.2, 0) is 5.41 Å². The molecule has 3 heterocycles. The van der Waals surface area contributed by atoms with Crippen LogP contribution in [0.2, 0.25) is 0 Å². The van der Waals surface area contributed by atoms with Crippen LogP contribution in [-0.4, -0.2) is 9.55 Å². The van der Waals surface area contributed by atoms with Crippen LogP contribution in [0, 0.1) is 11.3 Å². The van der Waals surface area contributed by atoms with Crippen molar-refractivity contribution in [2.45, 2.75) is 15.2 Å². The number of aromatic nitrogens is 2. The molecule has 1 aliphatic carbocycles. The standard InChI is InChI=1S/C51H29N3OS/c52-30-32-28-39-34-12-1-3-16-40(34)51(41-17-4-9-22-47(41)56-48-23-10-5-18-42(48)51)43(39)29-38(32)31-24-26-33(27-25-31)54-45-20-7-6-19-44(45)53-50(54)37-15-11-14-36-35-13-2-8-21-46(35)55-49(36)37/h1-29H. The van der Waals surface area contributed by atoms with Crippen molar-refractivity contribution < 1.29 is 4.42 Å². The first kappa shape index (κ1) is 31.2. The molecule has 0 radical (unpaired) electrons. The van der Waals surface area contributed by atoms with Crippen LogP contribution in [0.4, 0.5) is 0 Å². The fraction of sp³-hybridized carbons (Fsp3) is 0.0196. The molecule has 0 saturated heterocycles. The van der Waals surface area contributed by atoms with E-state index in [0.29, 0.717) is 5.56 Å². The highest BCUT2D eigenvalue weighted by atomic mass is 32.2. The van der Waals surface area contributed by atoms with Gasteiger partial charge in [0.2, 0.25) is 0 Å². The topological polar surface area (TPSA) is 54.8 Å². The number of hydrogen-bond acceptors (Lipinski definition) is 4. The van der Waals surface area contributed by atoms with E-state index < -0.39 is 5.41 Å². The second-order valence-corrected chi connectivity index (χ2v) is 15.6. The van der Waals surface area contributed by atoms with Gasteiger partial charge in [-0.3, -0.25) is 4.57 Å². The molecule has 12 rings (SSSR count). The minimum Gasteiger partial charge on any atom is -0.455 e. The molecule has 0 atom stereocenters. The molecule has 2 aliphatic rings. The molecule has 56 heavy (non-hydrogen) atoms. The van der Waals surface area contributed by atoms with Crippen molar-refractivity contribution in [3.05, 3.63) is 204 Å². The molecule has 10 aromatic rings. The van der Waals surface area contributed by atoms with Gasteiger partial charge in [0, 0.05) is 26.3 Å². The Morgan fingerprint density at radius 1 is 0.554 bits per heavy atom. The van der Waals surface area contributed by atoms with Gasteiger partial charge in [-0.05, 0) is 105 Å². The van der Waals surface area contributed by atoms with Gasteiger partial charge in [-0.15, -0.1) is 0 Å². The molecule has 0 bridgehead atoms. The van der Waals surface area contributed by atoms with Crippen molar-refractivity contribution >= 4 is 44.7 Å². The summed E-state index contributed by atoms with van der Waals surface area (Å²) in [7, 11) is 0. The second kappa shape index (κ2) is 11.7. The average Bonchev–Trinajstić information content (AvgIpc) is 3.92. The summed E-state index contributed by atoms with van der Waals surface area (Å²) >= 11 is 1.84. The maximum Gasteiger partial charge on any atom is 0.149 e. The van der Waals surface area contributed by atoms with Crippen LogP contribution in [0.1, 0.15) is 27.8 Å². The fourth-order valence-electron chi connectivity index (χ4n) is 9.41. The third kappa shape index (κ3) is 4.17. The van der Waals surface area contributed by atoms with Crippen molar-refractivity contribution in [2.75, 3.05) is 0 Å². The lowest BCUT2D eigenvalue weighted by atomic mass is 9.67. The monoisotopic (exact) mass is 731 g/mol. The number of hydrogen-bond donors (Lipinski definition) is 0. The first-order valence-corrected chi connectivity index (χ1v) is 19.6. The zero-order valence-electron chi connectivity index (χ0n) is 29.9. The molecule has 8 aromatic carbocycles. The summed E-state index contributed by atoms with van der Waals surface area (Å²) in [5, 5.41) is 12.9. The third-order valence-corrected chi connectivity index (χ3v) is 12.9. The van der Waals surface area contributed by atoms with Crippen molar-refractivity contribution in [2.24, 2.45) is 0 Å². The smallest absolute Gasteiger partial charge is 0.149 e. The summed E-state index contributed by atoms with van der Waals surface area (Å²) < 4.78 is 8.71. The molecule has 0 saturated carbocycles. The number of imidazole rings is 1. The lowest BCUT2D eigenvalue weighted by molar-refractivity contribution is 0.669. The molecule has 0 unspecified atom stereocenters. The Hall–Kier alpha value is -7.13. The second-order valence-electron chi connectivity index (χ2n) is 14.5. The first-order chi connectivity index (χ1) is 27.7. The summed E-state index contributed by atoms with van der Waals surface area (Å²) in [6.07, 6.45) is 0. The van der Waals surface area contributed by atoms with Crippen molar-refractivity contribution in [1.29, 1.82) is 5.26 Å². The maximum absolute atomic E-state index is 10.7. The zero-order chi connectivity index (χ0) is 37.0. The Kier molecular flexibility index (Phi) is 6.52. The van der Waals surface area contributed by atoms with E-state index in [4.69, 9.17) is 9.40 Å². The predicted octanol–water partition coefficient (Wildman–Crippen LogP) is 13.0. The van der Waals surface area contributed by atoms with Crippen LogP contribution in [0.25, 0.3) is 72.3 Å². The maximum atomic E-state index is 10.7. The summed E-state index contributed by atoms with van der Waals surface area (Å²) in [6.45, 7) is 0. The van der Waals surface area contributed by atoms with Crippen LogP contribution >= 0.6 is 11.8 Å². The summed E-state index contributed by atoms with van der Waals surface area (Å²) in [5.74, 6) is 0.811. The zero-order valence-corrected chi connectivity index (χ0v) is 30.7. The Balaban J connectivity index is 1.06. The van der Waals surface area contributed by atoms with E-state index in [-0.39, 0.29) is 0 Å². The Labute approximate surface area is 326 Å². The summed E-state index contributed by atoms with van der Waals surface area (Å²) in [5.41, 5.74) is 14.8. The predicted molar refractivity (Wildman–Crippen MR) is 225 cm³/mol. The molecule has 4 nitrogen and oxygen atoms in total. The molecule has 1 aliphatic heterocycles. The van der Waals surface area contributed by atoms with Gasteiger partial charge in [-0.25, -0.2) is 4.98 Å². The Morgan fingerprint density at radius 3 is 2.02 bits per heavy atom. The van der Waals surface area contributed by atoms with Gasteiger partial charge < -0.3 is 4.42 Å². The highest BCUT2D eigenvalue weighted by molar-refractivity contribution is 7.99. The highest BCUT2D eigenvalue weighted by Gasteiger charge is 2.50. The van der Waals surface area contributed by atoms with E-state index in [1.54, 1.807) is 0 Å². The molecule has 1 spiro atoms. The Bertz CT molecular complexity index is 3260. The van der Waals surface area contributed by atoms with E-state index in [1.807, 2.05) is 36.0 Å². The third-order valence-electron chi connectivity index (χ3n) is 11.7. The fourth-order valence-corrected chi connectivity index (χ4v) is 10.6. The van der Waals surface area contributed by atoms with Crippen molar-refractivity contribution in [3.63, 3.8) is 0 Å². The van der Waals surface area contributed by atoms with Gasteiger partial charge in [0.25, 0.3) is 0 Å². The van der Waals surface area contributed by atoms with Crippen LogP contribution in [0.3, 0.4) is 0 Å². The quantitative estimate of drug-likeness (QED) is 0.182. The lowest BCUT2D eigenvalue weighted by Gasteiger charge is -2.39. The molecule has 0 fully saturated rings. The van der Waals surface area contributed by atoms with Crippen LogP contribution in [0.15, 0.2) is 190 Å². The number of para-hydroxylation sites is 4. The molecule has 5 heteroatoms. The molecule has 0 N–H and O–H groups in total. The van der Waals surface area contributed by atoms with Crippen LogP contribution in [0.5, 0.6) is 0 Å². The molecule has 260 valence electrons. The van der Waals surface area contributed by atoms with Crippen molar-refractivity contribution in [3.8, 4) is 45.4 Å². The largest absolute Gasteiger partial charge is 0.455 e. The van der Waals surface area contributed by atoms with E-state index in [2.05, 4.69) is 162 Å². The number of rotatable bonds is 3. The van der Waals surface area contributed by atoms with Gasteiger partial charge in [0.05, 0.1) is 33.6 Å². The average molecular weight is 732 g/mol. The lowest BCUT2D eigenvalue weighted by Crippen LogP contribution is -2.32. The minimum absolute atomic E-state index is 0.519.